The molecule has 0 atom stereocenters. The summed E-state index contributed by atoms with van der Waals surface area (Å²) >= 11 is 1.62. The van der Waals surface area contributed by atoms with Crippen LogP contribution in [0.2, 0.25) is 0 Å². The first-order chi connectivity index (χ1) is 9.54. The fraction of sp³-hybridized carbons (Fsp3) is 0.333. The number of anilines is 1. The van der Waals surface area contributed by atoms with E-state index >= 15 is 0 Å². The smallest absolute Gasteiger partial charge is 0.245 e. The van der Waals surface area contributed by atoms with Gasteiger partial charge in [-0.1, -0.05) is 6.07 Å². The molecule has 2 aromatic heterocycles. The summed E-state index contributed by atoms with van der Waals surface area (Å²) in [6.45, 7) is 0.427. The number of thiophene rings is 1. The fourth-order valence-corrected chi connectivity index (χ4v) is 3.36. The molecule has 0 spiro atoms. The average molecular weight is 312 g/mol. The van der Waals surface area contributed by atoms with Gasteiger partial charge in [-0.2, -0.15) is 0 Å². The van der Waals surface area contributed by atoms with Gasteiger partial charge in [0.2, 0.25) is 16.0 Å². The molecule has 0 saturated carbocycles. The minimum atomic E-state index is -3.53. The van der Waals surface area contributed by atoms with Crippen molar-refractivity contribution in [2.24, 2.45) is 0 Å². The largest absolute Gasteiger partial charge is 0.357 e. The van der Waals surface area contributed by atoms with Crippen molar-refractivity contribution in [1.82, 2.24) is 14.3 Å². The van der Waals surface area contributed by atoms with Crippen molar-refractivity contribution in [3.63, 3.8) is 0 Å². The van der Waals surface area contributed by atoms with E-state index in [9.17, 15) is 8.42 Å². The maximum atomic E-state index is 12.3. The molecule has 0 aromatic carbocycles. The van der Waals surface area contributed by atoms with E-state index in [4.69, 9.17) is 0 Å². The first-order valence-electron chi connectivity index (χ1n) is 6.02. The molecule has 0 amide bonds. The second-order valence-electron chi connectivity index (χ2n) is 4.15. The van der Waals surface area contributed by atoms with Gasteiger partial charge in [-0.15, -0.1) is 11.3 Å². The summed E-state index contributed by atoms with van der Waals surface area (Å²) in [6.07, 6.45) is 3.33. The van der Waals surface area contributed by atoms with E-state index in [1.165, 1.54) is 16.7 Å². The van der Waals surface area contributed by atoms with Gasteiger partial charge in [0, 0.05) is 25.5 Å². The number of nitrogens with one attached hydrogen (secondary N) is 1. The van der Waals surface area contributed by atoms with Crippen molar-refractivity contribution in [3.8, 4) is 0 Å². The van der Waals surface area contributed by atoms with Crippen molar-refractivity contribution in [2.45, 2.75) is 11.3 Å². The fourth-order valence-electron chi connectivity index (χ4n) is 1.60. The van der Waals surface area contributed by atoms with Crippen LogP contribution in [0.3, 0.4) is 0 Å². The van der Waals surface area contributed by atoms with E-state index in [0.717, 1.165) is 4.88 Å². The van der Waals surface area contributed by atoms with Gasteiger partial charge in [0.15, 0.2) is 0 Å². The highest BCUT2D eigenvalue weighted by Crippen LogP contribution is 2.15. The predicted octanol–water partition coefficient (Wildman–Crippen LogP) is 1.44. The molecule has 2 aromatic rings. The van der Waals surface area contributed by atoms with Gasteiger partial charge in [0.1, 0.15) is 4.90 Å². The minimum absolute atomic E-state index is 0.102. The van der Waals surface area contributed by atoms with E-state index in [1.54, 1.807) is 25.4 Å². The Morgan fingerprint density at radius 3 is 2.60 bits per heavy atom. The first-order valence-corrected chi connectivity index (χ1v) is 8.34. The molecule has 0 bridgehead atoms. The highest BCUT2D eigenvalue weighted by molar-refractivity contribution is 7.89. The molecule has 20 heavy (non-hydrogen) atoms. The number of sulfonamides is 1. The second kappa shape index (κ2) is 6.29. The average Bonchev–Trinajstić information content (AvgIpc) is 2.98. The van der Waals surface area contributed by atoms with Gasteiger partial charge in [-0.25, -0.2) is 22.7 Å². The predicted molar refractivity (Wildman–Crippen MR) is 79.4 cm³/mol. The number of rotatable bonds is 6. The maximum Gasteiger partial charge on any atom is 0.245 e. The van der Waals surface area contributed by atoms with Crippen LogP contribution in [0.15, 0.2) is 34.8 Å². The van der Waals surface area contributed by atoms with E-state index in [0.29, 0.717) is 18.9 Å². The van der Waals surface area contributed by atoms with E-state index < -0.39 is 10.0 Å². The minimum Gasteiger partial charge on any atom is -0.357 e. The molecule has 0 aliphatic heterocycles. The zero-order chi connectivity index (χ0) is 14.6. The molecule has 2 heterocycles. The van der Waals surface area contributed by atoms with Gasteiger partial charge >= 0.3 is 0 Å². The van der Waals surface area contributed by atoms with Crippen molar-refractivity contribution < 1.29 is 8.42 Å². The third-order valence-corrected chi connectivity index (χ3v) is 5.56. The molecule has 0 unspecified atom stereocenters. The third-order valence-electron chi connectivity index (χ3n) is 2.81. The second-order valence-corrected chi connectivity index (χ2v) is 7.23. The van der Waals surface area contributed by atoms with Crippen molar-refractivity contribution >= 4 is 27.3 Å². The van der Waals surface area contributed by atoms with Crippen LogP contribution in [0.25, 0.3) is 0 Å². The van der Waals surface area contributed by atoms with E-state index in [2.05, 4.69) is 15.3 Å². The van der Waals surface area contributed by atoms with Crippen molar-refractivity contribution in [2.75, 3.05) is 26.0 Å². The Kier molecular flexibility index (Phi) is 4.69. The van der Waals surface area contributed by atoms with Crippen LogP contribution in [-0.2, 0) is 16.4 Å². The van der Waals surface area contributed by atoms with Gasteiger partial charge in [-0.05, 0) is 17.9 Å². The maximum absolute atomic E-state index is 12.3. The normalized spacial score (nSPS) is 11.8. The van der Waals surface area contributed by atoms with Crippen LogP contribution < -0.4 is 5.32 Å². The topological polar surface area (TPSA) is 75.2 Å². The zero-order valence-corrected chi connectivity index (χ0v) is 12.9. The quantitative estimate of drug-likeness (QED) is 0.873. The Labute approximate surface area is 122 Å². The van der Waals surface area contributed by atoms with E-state index in [1.807, 2.05) is 17.5 Å². The number of hydrogen-bond donors (Lipinski definition) is 1. The lowest BCUT2D eigenvalue weighted by molar-refractivity contribution is 0.473. The number of aromatic nitrogens is 2. The lowest BCUT2D eigenvalue weighted by Gasteiger charge is -2.16. The summed E-state index contributed by atoms with van der Waals surface area (Å²) < 4.78 is 26.0. The highest BCUT2D eigenvalue weighted by atomic mass is 32.2. The SMILES string of the molecule is CNc1ncc(S(=O)(=O)N(C)CCc2cccs2)cn1. The van der Waals surface area contributed by atoms with Crippen LogP contribution in [0.5, 0.6) is 0 Å². The molecule has 8 heteroatoms. The summed E-state index contributed by atoms with van der Waals surface area (Å²) in [7, 11) is -0.290. The monoisotopic (exact) mass is 312 g/mol. The van der Waals surface area contributed by atoms with Gasteiger partial charge < -0.3 is 5.32 Å². The lowest BCUT2D eigenvalue weighted by Crippen LogP contribution is -2.29. The number of nitrogens with zero attached hydrogens (tertiary/aromatic N) is 3. The number of hydrogen-bond acceptors (Lipinski definition) is 6. The van der Waals surface area contributed by atoms with Crippen LogP contribution >= 0.6 is 11.3 Å². The van der Waals surface area contributed by atoms with Crippen LogP contribution in [0.1, 0.15) is 4.88 Å². The summed E-state index contributed by atoms with van der Waals surface area (Å²) in [5, 5.41) is 4.73. The Morgan fingerprint density at radius 2 is 2.05 bits per heavy atom. The van der Waals surface area contributed by atoms with Crippen LogP contribution in [0.4, 0.5) is 5.95 Å². The van der Waals surface area contributed by atoms with Gasteiger partial charge in [0.05, 0.1) is 12.4 Å². The molecule has 0 radical (unpaired) electrons. The summed E-state index contributed by atoms with van der Waals surface area (Å²) in [6, 6.07) is 3.95. The van der Waals surface area contributed by atoms with E-state index in [-0.39, 0.29) is 4.90 Å². The molecule has 0 saturated heterocycles. The third kappa shape index (κ3) is 3.33. The summed E-state index contributed by atoms with van der Waals surface area (Å²) in [4.78, 5) is 9.12. The molecule has 6 nitrogen and oxygen atoms in total. The molecule has 0 aliphatic rings. The molecule has 2 rings (SSSR count). The lowest BCUT2D eigenvalue weighted by atomic mass is 10.3. The summed E-state index contributed by atoms with van der Waals surface area (Å²) in [5.41, 5.74) is 0. The molecule has 0 aliphatic carbocycles. The zero-order valence-electron chi connectivity index (χ0n) is 11.3. The van der Waals surface area contributed by atoms with Crippen LogP contribution in [0, 0.1) is 0 Å². The Morgan fingerprint density at radius 1 is 1.35 bits per heavy atom. The Hall–Kier alpha value is -1.51. The molecule has 108 valence electrons. The molecule has 0 fully saturated rings. The van der Waals surface area contributed by atoms with Crippen molar-refractivity contribution in [3.05, 3.63) is 34.8 Å². The van der Waals surface area contributed by atoms with Crippen molar-refractivity contribution in [1.29, 1.82) is 0 Å². The standard InChI is InChI=1S/C12H16N4O2S2/c1-13-12-14-8-11(9-15-12)20(17,18)16(2)6-5-10-4-3-7-19-10/h3-4,7-9H,5-6H2,1-2H3,(H,13,14,15). The van der Waals surface area contributed by atoms with Crippen LogP contribution in [-0.4, -0.2) is 43.3 Å². The summed E-state index contributed by atoms with van der Waals surface area (Å²) in [5.74, 6) is 0.394. The number of likely N-dealkylation sites (N-methyl/N-ethyl adjacent to an activating group) is 1. The Bertz CT molecular complexity index is 639. The Balaban J connectivity index is 2.07. The highest BCUT2D eigenvalue weighted by Gasteiger charge is 2.21. The molecule has 1 N–H and O–H groups in total. The van der Waals surface area contributed by atoms with Gasteiger partial charge in [0.25, 0.3) is 0 Å². The molecular weight excluding hydrogens is 296 g/mol. The van der Waals surface area contributed by atoms with Gasteiger partial charge in [-0.3, -0.25) is 0 Å². The molecular formula is C12H16N4O2S2. The first kappa shape index (κ1) is 14.9.